The van der Waals surface area contributed by atoms with Crippen LogP contribution in [0.4, 0.5) is 0 Å². The third-order valence-corrected chi connectivity index (χ3v) is 4.67. The Kier molecular flexibility index (Phi) is 3.53. The summed E-state index contributed by atoms with van der Waals surface area (Å²) in [5.74, 6) is -1.43. The fraction of sp³-hybridized carbons (Fsp3) is 0.182. The molecule has 0 fully saturated rings. The van der Waals surface area contributed by atoms with Gasteiger partial charge in [0, 0.05) is 5.56 Å². The SMILES string of the molecule is CONC1=CCS(=O)(=O)c2ccc(C(=O)O)c(Cl)c21. The minimum absolute atomic E-state index is 0.00968. The van der Waals surface area contributed by atoms with Crippen LogP contribution in [0.2, 0.25) is 5.02 Å². The van der Waals surface area contributed by atoms with Crippen molar-refractivity contribution in [3.8, 4) is 0 Å². The molecule has 0 spiro atoms. The van der Waals surface area contributed by atoms with Crippen LogP contribution in [0, 0.1) is 0 Å². The van der Waals surface area contributed by atoms with E-state index in [4.69, 9.17) is 21.5 Å². The Morgan fingerprint density at radius 2 is 2.16 bits per heavy atom. The van der Waals surface area contributed by atoms with Crippen molar-refractivity contribution in [2.24, 2.45) is 0 Å². The molecule has 0 amide bonds. The van der Waals surface area contributed by atoms with Crippen LogP contribution < -0.4 is 5.48 Å². The first kappa shape index (κ1) is 13.9. The van der Waals surface area contributed by atoms with Gasteiger partial charge in [0.15, 0.2) is 9.84 Å². The maximum absolute atomic E-state index is 11.9. The van der Waals surface area contributed by atoms with E-state index in [0.29, 0.717) is 5.70 Å². The molecule has 19 heavy (non-hydrogen) atoms. The Hall–Kier alpha value is -1.57. The summed E-state index contributed by atoms with van der Waals surface area (Å²) in [5, 5.41) is 8.87. The number of sulfone groups is 1. The number of aromatic carboxylic acids is 1. The van der Waals surface area contributed by atoms with Crippen molar-refractivity contribution in [1.82, 2.24) is 5.48 Å². The quantitative estimate of drug-likeness (QED) is 0.818. The van der Waals surface area contributed by atoms with Crippen molar-refractivity contribution in [3.05, 3.63) is 34.4 Å². The van der Waals surface area contributed by atoms with Crippen LogP contribution in [-0.2, 0) is 14.7 Å². The van der Waals surface area contributed by atoms with Crippen LogP contribution in [0.3, 0.4) is 0 Å². The second-order valence-corrected chi connectivity index (χ2v) is 6.19. The van der Waals surface area contributed by atoms with Crippen LogP contribution >= 0.6 is 11.6 Å². The Balaban J connectivity index is 2.76. The Morgan fingerprint density at radius 1 is 1.47 bits per heavy atom. The zero-order valence-electron chi connectivity index (χ0n) is 9.81. The molecule has 0 saturated heterocycles. The van der Waals surface area contributed by atoms with Gasteiger partial charge in [-0.2, -0.15) is 0 Å². The molecule has 8 heteroatoms. The number of carbonyl (C=O) groups is 1. The van der Waals surface area contributed by atoms with Gasteiger partial charge in [-0.15, -0.1) is 0 Å². The highest BCUT2D eigenvalue weighted by molar-refractivity contribution is 7.91. The van der Waals surface area contributed by atoms with Gasteiger partial charge in [0.2, 0.25) is 0 Å². The fourth-order valence-corrected chi connectivity index (χ4v) is 3.59. The molecule has 0 saturated carbocycles. The summed E-state index contributed by atoms with van der Waals surface area (Å²) in [6, 6.07) is 2.42. The molecule has 0 aromatic heterocycles. The molecule has 102 valence electrons. The van der Waals surface area contributed by atoms with E-state index in [1.54, 1.807) is 0 Å². The Morgan fingerprint density at radius 3 is 2.74 bits per heavy atom. The lowest BCUT2D eigenvalue weighted by Crippen LogP contribution is -2.21. The van der Waals surface area contributed by atoms with Crippen LogP contribution in [-0.4, -0.2) is 32.4 Å². The van der Waals surface area contributed by atoms with Gasteiger partial charge in [-0.1, -0.05) is 11.6 Å². The lowest BCUT2D eigenvalue weighted by molar-refractivity contribution is 0.0697. The number of hydrogen-bond donors (Lipinski definition) is 2. The molecule has 1 aliphatic heterocycles. The predicted octanol–water partition coefficient (Wildman–Crippen LogP) is 1.32. The summed E-state index contributed by atoms with van der Waals surface area (Å²) < 4.78 is 23.9. The highest BCUT2D eigenvalue weighted by Gasteiger charge is 2.29. The average Bonchev–Trinajstić information content (AvgIpc) is 2.33. The first-order valence-corrected chi connectivity index (χ1v) is 7.19. The van der Waals surface area contributed by atoms with Gasteiger partial charge in [0.25, 0.3) is 0 Å². The van der Waals surface area contributed by atoms with Crippen LogP contribution in [0.1, 0.15) is 15.9 Å². The van der Waals surface area contributed by atoms with Crippen LogP contribution in [0.25, 0.3) is 5.70 Å². The lowest BCUT2D eigenvalue weighted by atomic mass is 10.1. The normalized spacial score (nSPS) is 16.4. The van der Waals surface area contributed by atoms with E-state index >= 15 is 0 Å². The summed E-state index contributed by atoms with van der Waals surface area (Å²) in [7, 11) is -2.15. The summed E-state index contributed by atoms with van der Waals surface area (Å²) in [6.07, 6.45) is 1.39. The zero-order chi connectivity index (χ0) is 14.2. The number of nitrogens with one attached hydrogen (secondary N) is 1. The molecule has 0 bridgehead atoms. The molecule has 1 aromatic rings. The first-order valence-electron chi connectivity index (χ1n) is 5.16. The first-order chi connectivity index (χ1) is 8.88. The van der Waals surface area contributed by atoms with Crippen molar-refractivity contribution in [2.75, 3.05) is 12.9 Å². The van der Waals surface area contributed by atoms with Crippen molar-refractivity contribution >= 4 is 33.1 Å². The molecule has 2 N–H and O–H groups in total. The standard InChI is InChI=1S/C11H10ClNO5S/c1-18-13-7-4-5-19(16,17)8-3-2-6(11(14)15)10(12)9(7)8/h2-4,13H,5H2,1H3,(H,14,15). The summed E-state index contributed by atoms with van der Waals surface area (Å²) >= 11 is 6.00. The molecule has 0 radical (unpaired) electrons. The number of benzene rings is 1. The van der Waals surface area contributed by atoms with Crippen molar-refractivity contribution in [1.29, 1.82) is 0 Å². The van der Waals surface area contributed by atoms with Crippen molar-refractivity contribution in [2.45, 2.75) is 4.90 Å². The Bertz CT molecular complexity index is 681. The molecular weight excluding hydrogens is 294 g/mol. The highest BCUT2D eigenvalue weighted by atomic mass is 35.5. The molecule has 1 aromatic carbocycles. The third-order valence-electron chi connectivity index (χ3n) is 2.66. The topological polar surface area (TPSA) is 92.7 Å². The second-order valence-electron chi connectivity index (χ2n) is 3.81. The van der Waals surface area contributed by atoms with Gasteiger partial charge in [-0.3, -0.25) is 10.3 Å². The Labute approximate surface area is 114 Å². The number of carboxylic acids is 1. The van der Waals surface area contributed by atoms with Gasteiger partial charge < -0.3 is 5.11 Å². The van der Waals surface area contributed by atoms with E-state index in [2.05, 4.69) is 5.48 Å². The number of halogens is 1. The number of carboxylic acid groups (broad SMARTS) is 1. The van der Waals surface area contributed by atoms with Gasteiger partial charge in [-0.25, -0.2) is 13.2 Å². The fourth-order valence-electron chi connectivity index (χ4n) is 1.82. The van der Waals surface area contributed by atoms with E-state index < -0.39 is 15.8 Å². The van der Waals surface area contributed by atoms with Crippen molar-refractivity contribution in [3.63, 3.8) is 0 Å². The van der Waals surface area contributed by atoms with Gasteiger partial charge in [0.1, 0.15) is 0 Å². The molecular formula is C11H10ClNO5S. The molecule has 1 aliphatic rings. The molecule has 0 aliphatic carbocycles. The minimum atomic E-state index is -3.51. The summed E-state index contributed by atoms with van der Waals surface area (Å²) in [5.41, 5.74) is 2.79. The third kappa shape index (κ3) is 2.32. The summed E-state index contributed by atoms with van der Waals surface area (Å²) in [6.45, 7) is 0. The lowest BCUT2D eigenvalue weighted by Gasteiger charge is -2.20. The van der Waals surface area contributed by atoms with E-state index in [0.717, 1.165) is 0 Å². The number of fused-ring (bicyclic) bond motifs is 1. The van der Waals surface area contributed by atoms with E-state index in [1.165, 1.54) is 25.3 Å². The van der Waals surface area contributed by atoms with Gasteiger partial charge in [-0.05, 0) is 18.2 Å². The highest BCUT2D eigenvalue weighted by Crippen LogP contribution is 2.35. The van der Waals surface area contributed by atoms with Gasteiger partial charge >= 0.3 is 5.97 Å². The van der Waals surface area contributed by atoms with Crippen LogP contribution in [0.15, 0.2) is 23.1 Å². The summed E-state index contributed by atoms with van der Waals surface area (Å²) in [4.78, 5) is 15.8. The van der Waals surface area contributed by atoms with E-state index in [-0.39, 0.29) is 26.8 Å². The zero-order valence-corrected chi connectivity index (χ0v) is 11.4. The average molecular weight is 304 g/mol. The largest absolute Gasteiger partial charge is 0.478 e. The molecule has 1 heterocycles. The molecule has 6 nitrogen and oxygen atoms in total. The monoisotopic (exact) mass is 303 g/mol. The second kappa shape index (κ2) is 4.84. The van der Waals surface area contributed by atoms with E-state index in [9.17, 15) is 13.2 Å². The smallest absolute Gasteiger partial charge is 0.337 e. The number of hydrogen-bond acceptors (Lipinski definition) is 5. The minimum Gasteiger partial charge on any atom is -0.478 e. The van der Waals surface area contributed by atoms with Crippen molar-refractivity contribution < 1.29 is 23.2 Å². The van der Waals surface area contributed by atoms with Crippen LogP contribution in [0.5, 0.6) is 0 Å². The maximum Gasteiger partial charge on any atom is 0.337 e. The van der Waals surface area contributed by atoms with E-state index in [1.807, 2.05) is 0 Å². The molecule has 0 unspecified atom stereocenters. The molecule has 0 atom stereocenters. The van der Waals surface area contributed by atoms with Gasteiger partial charge in [0.05, 0.1) is 34.0 Å². The molecule has 2 rings (SSSR count). The number of rotatable bonds is 3. The predicted molar refractivity (Wildman–Crippen MR) is 68.6 cm³/mol. The number of hydroxylamine groups is 1. The maximum atomic E-state index is 11.9.